The van der Waals surface area contributed by atoms with Gasteiger partial charge in [-0.15, -0.1) is 11.8 Å². The van der Waals surface area contributed by atoms with E-state index in [9.17, 15) is 15.0 Å². The highest BCUT2D eigenvalue weighted by atomic mass is 32.2. The number of nitrogens with zero attached hydrogens (tertiary/aromatic N) is 1. The molecule has 0 aromatic heterocycles. The van der Waals surface area contributed by atoms with Crippen LogP contribution in [0.1, 0.15) is 39.4 Å². The normalized spacial score (nSPS) is 14.3. The van der Waals surface area contributed by atoms with Gasteiger partial charge in [0.15, 0.2) is 0 Å². The Bertz CT molecular complexity index is 527. The van der Waals surface area contributed by atoms with Crippen LogP contribution in [0.3, 0.4) is 0 Å². The van der Waals surface area contributed by atoms with Crippen LogP contribution in [0.5, 0.6) is 5.75 Å². The van der Waals surface area contributed by atoms with Gasteiger partial charge in [0.1, 0.15) is 5.75 Å². The van der Waals surface area contributed by atoms with E-state index in [1.165, 1.54) is 4.90 Å². The molecule has 124 valence electrons. The summed E-state index contributed by atoms with van der Waals surface area (Å²) in [4.78, 5) is 13.8. The largest absolute Gasteiger partial charge is 0.496 e. The topological polar surface area (TPSA) is 70.0 Å². The number of thioether (sulfide) groups is 1. The monoisotopic (exact) mass is 327 g/mol. The Labute approximate surface area is 136 Å². The smallest absolute Gasteiger partial charge is 0.408 e. The van der Waals surface area contributed by atoms with Crippen molar-refractivity contribution in [2.24, 2.45) is 0 Å². The van der Waals surface area contributed by atoms with Crippen LogP contribution < -0.4 is 4.74 Å². The molecular weight excluding hydrogens is 302 g/mol. The number of amides is 1. The molecule has 5 nitrogen and oxygen atoms in total. The fourth-order valence-electron chi connectivity index (χ4n) is 2.53. The fraction of sp³-hybridized carbons (Fsp3) is 0.562. The second-order valence-electron chi connectivity index (χ2n) is 6.12. The predicted octanol–water partition coefficient (Wildman–Crippen LogP) is 3.62. The number of rotatable bonds is 5. The van der Waals surface area contributed by atoms with Gasteiger partial charge in [0.25, 0.3) is 0 Å². The van der Waals surface area contributed by atoms with Gasteiger partial charge in [-0.3, -0.25) is 4.90 Å². The maximum atomic E-state index is 11.5. The predicted molar refractivity (Wildman–Crippen MR) is 88.8 cm³/mol. The van der Waals surface area contributed by atoms with Gasteiger partial charge in [-0.05, 0) is 51.6 Å². The Morgan fingerprint density at radius 2 is 1.95 bits per heavy atom. The Hall–Kier alpha value is -1.40. The quantitative estimate of drug-likeness (QED) is 0.808. The first kappa shape index (κ1) is 18.6. The van der Waals surface area contributed by atoms with Crippen LogP contribution in [0.4, 0.5) is 4.79 Å². The molecule has 2 N–H and O–H groups in total. The minimum Gasteiger partial charge on any atom is -0.496 e. The number of aliphatic hydroxyl groups is 1. The van der Waals surface area contributed by atoms with E-state index in [1.807, 2.05) is 33.1 Å². The van der Waals surface area contributed by atoms with Gasteiger partial charge in [-0.1, -0.05) is 6.07 Å². The highest BCUT2D eigenvalue weighted by Gasteiger charge is 2.35. The van der Waals surface area contributed by atoms with E-state index in [2.05, 4.69) is 0 Å². The van der Waals surface area contributed by atoms with Gasteiger partial charge in [0.2, 0.25) is 0 Å². The van der Waals surface area contributed by atoms with Crippen LogP contribution in [0, 0.1) is 0 Å². The van der Waals surface area contributed by atoms with Crippen LogP contribution in [-0.2, 0) is 0 Å². The Balaban J connectivity index is 3.13. The Kier molecular flexibility index (Phi) is 6.14. The lowest BCUT2D eigenvalue weighted by Crippen LogP contribution is -2.52. The minimum absolute atomic E-state index is 0.581. The molecule has 1 unspecified atom stereocenters. The van der Waals surface area contributed by atoms with Crippen molar-refractivity contribution < 1.29 is 19.7 Å². The first-order valence-corrected chi connectivity index (χ1v) is 8.28. The third-order valence-electron chi connectivity index (χ3n) is 3.54. The van der Waals surface area contributed by atoms with E-state index >= 15 is 0 Å². The van der Waals surface area contributed by atoms with Gasteiger partial charge < -0.3 is 14.9 Å². The van der Waals surface area contributed by atoms with Crippen molar-refractivity contribution in [1.29, 1.82) is 0 Å². The average molecular weight is 327 g/mol. The zero-order chi connectivity index (χ0) is 17.1. The first-order valence-electron chi connectivity index (χ1n) is 7.05. The number of methoxy groups -OCH3 is 1. The number of hydrogen-bond acceptors (Lipinski definition) is 4. The lowest BCUT2D eigenvalue weighted by molar-refractivity contribution is 0.0140. The Morgan fingerprint density at radius 1 is 1.36 bits per heavy atom. The number of benzene rings is 1. The summed E-state index contributed by atoms with van der Waals surface area (Å²) in [5.74, 6) is 0.675. The summed E-state index contributed by atoms with van der Waals surface area (Å²) < 4.78 is 5.32. The molecule has 0 saturated heterocycles. The molecular formula is C16H25NO4S. The molecule has 0 spiro atoms. The molecule has 0 aliphatic heterocycles. The summed E-state index contributed by atoms with van der Waals surface area (Å²) in [7, 11) is 1.58. The van der Waals surface area contributed by atoms with Crippen molar-refractivity contribution in [2.75, 3.05) is 13.4 Å². The molecule has 0 fully saturated rings. The first-order chi connectivity index (χ1) is 10.1. The van der Waals surface area contributed by atoms with E-state index < -0.39 is 23.8 Å². The van der Waals surface area contributed by atoms with E-state index in [4.69, 9.17) is 4.74 Å². The zero-order valence-electron chi connectivity index (χ0n) is 14.0. The van der Waals surface area contributed by atoms with Gasteiger partial charge in [0, 0.05) is 10.4 Å². The summed E-state index contributed by atoms with van der Waals surface area (Å²) in [5, 5.41) is 20.0. The molecule has 2 atom stereocenters. The second kappa shape index (κ2) is 7.24. The highest BCUT2D eigenvalue weighted by molar-refractivity contribution is 7.98. The van der Waals surface area contributed by atoms with Crippen LogP contribution in [0.2, 0.25) is 0 Å². The SMILES string of the molecule is COc1cc([C@@H](O)C(C)N(C(=O)O)C(C)(C)C)ccc1SC. The fourth-order valence-corrected chi connectivity index (χ4v) is 3.08. The molecule has 0 aliphatic rings. The molecule has 0 saturated carbocycles. The van der Waals surface area contributed by atoms with Crippen LogP contribution >= 0.6 is 11.8 Å². The van der Waals surface area contributed by atoms with E-state index in [-0.39, 0.29) is 0 Å². The van der Waals surface area contributed by atoms with Gasteiger partial charge >= 0.3 is 6.09 Å². The molecule has 0 aliphatic carbocycles. The van der Waals surface area contributed by atoms with Gasteiger partial charge in [-0.2, -0.15) is 0 Å². The maximum Gasteiger partial charge on any atom is 0.408 e. The average Bonchev–Trinajstić information content (AvgIpc) is 2.43. The lowest BCUT2D eigenvalue weighted by atomic mass is 9.97. The van der Waals surface area contributed by atoms with Crippen LogP contribution in [0.25, 0.3) is 0 Å². The van der Waals surface area contributed by atoms with Crippen molar-refractivity contribution in [2.45, 2.75) is 50.3 Å². The van der Waals surface area contributed by atoms with Gasteiger partial charge in [-0.25, -0.2) is 4.79 Å². The number of aliphatic hydroxyl groups excluding tert-OH is 1. The third-order valence-corrected chi connectivity index (χ3v) is 4.32. The minimum atomic E-state index is -1.05. The van der Waals surface area contributed by atoms with Crippen molar-refractivity contribution in [3.05, 3.63) is 23.8 Å². The van der Waals surface area contributed by atoms with Crippen molar-refractivity contribution in [1.82, 2.24) is 4.90 Å². The molecule has 22 heavy (non-hydrogen) atoms. The third kappa shape index (κ3) is 4.08. The molecule has 1 amide bonds. The number of hydrogen-bond donors (Lipinski definition) is 2. The molecule has 1 aromatic rings. The van der Waals surface area contributed by atoms with Crippen LogP contribution in [-0.4, -0.2) is 46.2 Å². The summed E-state index contributed by atoms with van der Waals surface area (Å²) in [5.41, 5.74) is 0.0351. The number of carboxylic acid groups (broad SMARTS) is 1. The standard InChI is InChI=1S/C16H25NO4S/c1-10(17(15(19)20)16(2,3)4)14(18)11-7-8-13(22-6)12(9-11)21-5/h7-10,14,18H,1-6H3,(H,19,20)/t10?,14-/m0/s1. The summed E-state index contributed by atoms with van der Waals surface area (Å²) in [6.45, 7) is 7.13. The number of carbonyl (C=O) groups is 1. The molecule has 0 bridgehead atoms. The Morgan fingerprint density at radius 3 is 2.36 bits per heavy atom. The van der Waals surface area contributed by atoms with E-state index in [1.54, 1.807) is 37.9 Å². The van der Waals surface area contributed by atoms with Crippen molar-refractivity contribution in [3.63, 3.8) is 0 Å². The summed E-state index contributed by atoms with van der Waals surface area (Å²) in [6.07, 6.45) is -0.0330. The van der Waals surface area contributed by atoms with Crippen molar-refractivity contribution in [3.8, 4) is 5.75 Å². The summed E-state index contributed by atoms with van der Waals surface area (Å²) >= 11 is 1.55. The molecule has 1 aromatic carbocycles. The molecule has 0 radical (unpaired) electrons. The summed E-state index contributed by atoms with van der Waals surface area (Å²) in [6, 6.07) is 4.85. The molecule has 6 heteroatoms. The van der Waals surface area contributed by atoms with Gasteiger partial charge in [0.05, 0.1) is 19.3 Å². The lowest BCUT2D eigenvalue weighted by Gasteiger charge is -2.40. The maximum absolute atomic E-state index is 11.5. The zero-order valence-corrected chi connectivity index (χ0v) is 14.8. The highest BCUT2D eigenvalue weighted by Crippen LogP contribution is 2.33. The van der Waals surface area contributed by atoms with E-state index in [0.717, 1.165) is 4.90 Å². The second-order valence-corrected chi connectivity index (χ2v) is 6.97. The van der Waals surface area contributed by atoms with Crippen molar-refractivity contribution >= 4 is 17.9 Å². The molecule has 0 heterocycles. The van der Waals surface area contributed by atoms with E-state index in [0.29, 0.717) is 11.3 Å². The molecule has 1 rings (SSSR count). The van der Waals surface area contributed by atoms with Crippen LogP contribution in [0.15, 0.2) is 23.1 Å². The number of ether oxygens (including phenoxy) is 1.